The fraction of sp³-hybridized carbons (Fsp3) is 0.464. The van der Waals surface area contributed by atoms with Crippen LogP contribution in [0.2, 0.25) is 0 Å². The molecule has 0 heterocycles. The SMILES string of the molecule is CC(=NOC(=Nc1ccccc1C)C(C)(C)C)C(C)=Nc1c(C(C)C)cccc1C(C)C. The number of para-hydroxylation sites is 2. The van der Waals surface area contributed by atoms with Crippen LogP contribution in [0.1, 0.15) is 90.8 Å². The maximum absolute atomic E-state index is 5.90. The zero-order valence-corrected chi connectivity index (χ0v) is 21.4. The molecular formula is C28H39N3O. The van der Waals surface area contributed by atoms with Gasteiger partial charge in [-0.05, 0) is 55.4 Å². The molecule has 0 unspecified atom stereocenters. The summed E-state index contributed by atoms with van der Waals surface area (Å²) in [6, 6.07) is 14.5. The Hall–Kier alpha value is -2.75. The molecule has 0 saturated carbocycles. The molecule has 32 heavy (non-hydrogen) atoms. The Morgan fingerprint density at radius 2 is 1.34 bits per heavy atom. The Morgan fingerprint density at radius 3 is 1.84 bits per heavy atom. The van der Waals surface area contributed by atoms with Crippen LogP contribution in [0.5, 0.6) is 0 Å². The third-order valence-corrected chi connectivity index (χ3v) is 5.39. The number of oxime groups is 1. The molecule has 2 aromatic carbocycles. The molecule has 0 aliphatic heterocycles. The van der Waals surface area contributed by atoms with E-state index in [1.165, 1.54) is 11.1 Å². The van der Waals surface area contributed by atoms with E-state index in [1.807, 2.05) is 45.0 Å². The van der Waals surface area contributed by atoms with E-state index in [0.29, 0.717) is 17.7 Å². The lowest BCUT2D eigenvalue weighted by molar-refractivity contribution is 0.280. The first-order chi connectivity index (χ1) is 14.9. The Balaban J connectivity index is 2.42. The molecule has 0 atom stereocenters. The van der Waals surface area contributed by atoms with Gasteiger partial charge in [0.05, 0.1) is 22.8 Å². The highest BCUT2D eigenvalue weighted by atomic mass is 16.6. The first kappa shape index (κ1) is 25.5. The average Bonchev–Trinajstić information content (AvgIpc) is 2.70. The van der Waals surface area contributed by atoms with Gasteiger partial charge in [0.25, 0.3) is 0 Å². The van der Waals surface area contributed by atoms with Gasteiger partial charge in [-0.15, -0.1) is 0 Å². The smallest absolute Gasteiger partial charge is 0.230 e. The quantitative estimate of drug-likeness (QED) is 0.256. The summed E-state index contributed by atoms with van der Waals surface area (Å²) in [4.78, 5) is 15.7. The third kappa shape index (κ3) is 6.62. The highest BCUT2D eigenvalue weighted by Crippen LogP contribution is 2.35. The zero-order valence-electron chi connectivity index (χ0n) is 21.4. The normalized spacial score (nSPS) is 13.8. The molecule has 0 fully saturated rings. The van der Waals surface area contributed by atoms with Crippen LogP contribution in [0.3, 0.4) is 0 Å². The lowest BCUT2D eigenvalue weighted by Gasteiger charge is -2.19. The van der Waals surface area contributed by atoms with Gasteiger partial charge in [-0.1, -0.05) is 90.0 Å². The van der Waals surface area contributed by atoms with Gasteiger partial charge in [-0.2, -0.15) is 0 Å². The molecule has 0 aliphatic rings. The van der Waals surface area contributed by atoms with Crippen LogP contribution >= 0.6 is 0 Å². The Bertz CT molecular complexity index is 995. The Kier molecular flexibility index (Phi) is 8.54. The van der Waals surface area contributed by atoms with Crippen molar-refractivity contribution in [3.05, 3.63) is 59.2 Å². The largest absolute Gasteiger partial charge is 0.340 e. The standard InChI is InChI=1S/C28H39N3O/c1-18(2)23-15-13-16-24(19(3)4)26(23)29-21(6)22(7)31-32-27(28(8,9)10)30-25-17-12-11-14-20(25)5/h11-19H,1-10H3. The highest BCUT2D eigenvalue weighted by molar-refractivity contribution is 6.41. The molecule has 4 nitrogen and oxygen atoms in total. The topological polar surface area (TPSA) is 46.3 Å². The van der Waals surface area contributed by atoms with Crippen molar-refractivity contribution in [3.63, 3.8) is 0 Å². The summed E-state index contributed by atoms with van der Waals surface area (Å²) in [5, 5.41) is 4.42. The number of hydrogen-bond acceptors (Lipinski definition) is 4. The maximum Gasteiger partial charge on any atom is 0.230 e. The van der Waals surface area contributed by atoms with E-state index in [0.717, 1.165) is 28.4 Å². The van der Waals surface area contributed by atoms with Gasteiger partial charge in [0, 0.05) is 5.41 Å². The van der Waals surface area contributed by atoms with E-state index in [-0.39, 0.29) is 5.41 Å². The van der Waals surface area contributed by atoms with Gasteiger partial charge >= 0.3 is 0 Å². The van der Waals surface area contributed by atoms with Crippen LogP contribution in [-0.2, 0) is 4.84 Å². The number of aliphatic imine (C=N–C) groups is 2. The van der Waals surface area contributed by atoms with E-state index in [4.69, 9.17) is 14.8 Å². The predicted octanol–water partition coefficient (Wildman–Crippen LogP) is 8.50. The second-order valence-corrected chi connectivity index (χ2v) is 10.0. The Morgan fingerprint density at radius 1 is 0.781 bits per heavy atom. The second-order valence-electron chi connectivity index (χ2n) is 10.0. The monoisotopic (exact) mass is 433 g/mol. The van der Waals surface area contributed by atoms with Gasteiger partial charge in [-0.3, -0.25) is 4.99 Å². The van der Waals surface area contributed by atoms with E-state index in [9.17, 15) is 0 Å². The molecule has 0 aromatic heterocycles. The molecule has 0 radical (unpaired) electrons. The van der Waals surface area contributed by atoms with Crippen molar-refractivity contribution < 1.29 is 4.84 Å². The lowest BCUT2D eigenvalue weighted by Crippen LogP contribution is -2.22. The lowest BCUT2D eigenvalue weighted by atomic mass is 9.93. The van der Waals surface area contributed by atoms with E-state index >= 15 is 0 Å². The fourth-order valence-electron chi connectivity index (χ4n) is 3.19. The van der Waals surface area contributed by atoms with Crippen LogP contribution in [0.4, 0.5) is 11.4 Å². The van der Waals surface area contributed by atoms with Gasteiger partial charge in [0.1, 0.15) is 0 Å². The number of benzene rings is 2. The van der Waals surface area contributed by atoms with Gasteiger partial charge in [-0.25, -0.2) is 4.99 Å². The van der Waals surface area contributed by atoms with Crippen LogP contribution in [0.15, 0.2) is 57.6 Å². The summed E-state index contributed by atoms with van der Waals surface area (Å²) in [7, 11) is 0. The molecule has 0 N–H and O–H groups in total. The first-order valence-electron chi connectivity index (χ1n) is 11.5. The zero-order chi connectivity index (χ0) is 24.1. The molecule has 0 saturated heterocycles. The summed E-state index contributed by atoms with van der Waals surface area (Å²) in [5.41, 5.74) is 6.83. The number of aryl methyl sites for hydroxylation is 1. The summed E-state index contributed by atoms with van der Waals surface area (Å²) in [6.45, 7) is 21.0. The maximum atomic E-state index is 5.90. The summed E-state index contributed by atoms with van der Waals surface area (Å²) < 4.78 is 0. The summed E-state index contributed by atoms with van der Waals surface area (Å²) >= 11 is 0. The molecule has 0 bridgehead atoms. The van der Waals surface area contributed by atoms with Crippen molar-refractivity contribution in [1.29, 1.82) is 0 Å². The van der Waals surface area contributed by atoms with E-state index < -0.39 is 0 Å². The fourth-order valence-corrected chi connectivity index (χ4v) is 3.19. The van der Waals surface area contributed by atoms with Crippen LogP contribution in [-0.4, -0.2) is 17.3 Å². The Labute approximate surface area is 194 Å². The van der Waals surface area contributed by atoms with E-state index in [1.54, 1.807) is 0 Å². The number of nitrogens with zero attached hydrogens (tertiary/aromatic N) is 3. The van der Waals surface area contributed by atoms with Crippen molar-refractivity contribution in [3.8, 4) is 0 Å². The molecule has 4 heteroatoms. The summed E-state index contributed by atoms with van der Waals surface area (Å²) in [6.07, 6.45) is 0. The van der Waals surface area contributed by atoms with Gasteiger partial charge < -0.3 is 4.84 Å². The molecule has 0 spiro atoms. The second kappa shape index (κ2) is 10.7. The van der Waals surface area contributed by atoms with Crippen LogP contribution in [0, 0.1) is 12.3 Å². The first-order valence-corrected chi connectivity index (χ1v) is 11.5. The minimum absolute atomic E-state index is 0.286. The van der Waals surface area contributed by atoms with Crippen LogP contribution < -0.4 is 0 Å². The minimum Gasteiger partial charge on any atom is -0.340 e. The molecule has 172 valence electrons. The predicted molar refractivity (Wildman–Crippen MR) is 139 cm³/mol. The van der Waals surface area contributed by atoms with Gasteiger partial charge in [0.2, 0.25) is 5.90 Å². The molecule has 0 aliphatic carbocycles. The minimum atomic E-state index is -0.286. The highest BCUT2D eigenvalue weighted by Gasteiger charge is 2.22. The van der Waals surface area contributed by atoms with Crippen molar-refractivity contribution in [1.82, 2.24) is 0 Å². The van der Waals surface area contributed by atoms with Crippen molar-refractivity contribution >= 4 is 28.7 Å². The molecule has 2 rings (SSSR count). The molecular weight excluding hydrogens is 394 g/mol. The van der Waals surface area contributed by atoms with Crippen molar-refractivity contribution in [2.24, 2.45) is 20.6 Å². The molecule has 0 amide bonds. The van der Waals surface area contributed by atoms with Gasteiger partial charge in [0.15, 0.2) is 0 Å². The number of rotatable bonds is 6. The number of hydrogen-bond donors (Lipinski definition) is 0. The molecule has 2 aromatic rings. The van der Waals surface area contributed by atoms with Crippen LogP contribution in [0.25, 0.3) is 0 Å². The summed E-state index contributed by atoms with van der Waals surface area (Å²) in [5.74, 6) is 1.36. The van der Waals surface area contributed by atoms with Crippen molar-refractivity contribution in [2.45, 2.75) is 81.1 Å². The van der Waals surface area contributed by atoms with Crippen molar-refractivity contribution in [2.75, 3.05) is 0 Å². The van der Waals surface area contributed by atoms with E-state index in [2.05, 4.69) is 71.8 Å². The average molecular weight is 434 g/mol. The third-order valence-electron chi connectivity index (χ3n) is 5.39.